The lowest BCUT2D eigenvalue weighted by Crippen LogP contribution is -2.76. The van der Waals surface area contributed by atoms with Crippen molar-refractivity contribution in [2.45, 2.75) is 48.8 Å². The van der Waals surface area contributed by atoms with Crippen LogP contribution in [0, 0.1) is 0 Å². The molecule has 1 N–H and O–H groups in total. The van der Waals surface area contributed by atoms with Crippen molar-refractivity contribution in [3.63, 3.8) is 0 Å². The molecule has 2 aliphatic carbocycles. The van der Waals surface area contributed by atoms with Crippen LogP contribution in [0.2, 0.25) is 0 Å². The molecule has 122 valence electrons. The number of hydrogen-bond acceptors (Lipinski definition) is 5. The highest BCUT2D eigenvalue weighted by Gasteiger charge is 2.72. The summed E-state index contributed by atoms with van der Waals surface area (Å²) in [6.07, 6.45) is 1.89. The Labute approximate surface area is 135 Å². The first-order valence-electron chi connectivity index (χ1n) is 8.35. The predicted molar refractivity (Wildman–Crippen MR) is 83.0 cm³/mol. The van der Waals surface area contributed by atoms with Crippen LogP contribution in [0.3, 0.4) is 0 Å². The highest BCUT2D eigenvalue weighted by Crippen LogP contribution is 2.64. The topological polar surface area (TPSA) is 59.0 Å². The molecule has 2 fully saturated rings. The number of piperidine rings is 1. The Hall–Kier alpha value is -1.59. The first-order valence-corrected chi connectivity index (χ1v) is 8.35. The van der Waals surface area contributed by atoms with Gasteiger partial charge in [-0.3, -0.25) is 4.79 Å². The molecule has 0 amide bonds. The van der Waals surface area contributed by atoms with Crippen LogP contribution in [0.1, 0.15) is 30.4 Å². The zero-order chi connectivity index (χ0) is 16.0. The Balaban J connectivity index is 1.86. The Kier molecular flexibility index (Phi) is 2.45. The molecular weight excluding hydrogens is 294 g/mol. The molecule has 1 saturated heterocycles. The van der Waals surface area contributed by atoms with Gasteiger partial charge in [-0.15, -0.1) is 0 Å². The lowest BCUT2D eigenvalue weighted by atomic mass is 9.49. The molecule has 23 heavy (non-hydrogen) atoms. The maximum Gasteiger partial charge on any atom is 0.174 e. The number of ketones is 1. The highest BCUT2D eigenvalue weighted by molar-refractivity contribution is 5.90. The summed E-state index contributed by atoms with van der Waals surface area (Å²) in [5.74, 6) is 1.47. The number of rotatable bonds is 1. The summed E-state index contributed by atoms with van der Waals surface area (Å²) in [6.45, 7) is 0.871. The van der Waals surface area contributed by atoms with E-state index in [1.54, 1.807) is 7.11 Å². The second-order valence-electron chi connectivity index (χ2n) is 7.44. The van der Waals surface area contributed by atoms with E-state index in [2.05, 4.69) is 18.0 Å². The van der Waals surface area contributed by atoms with E-state index in [1.165, 1.54) is 5.56 Å². The van der Waals surface area contributed by atoms with Crippen molar-refractivity contribution in [1.29, 1.82) is 0 Å². The molecule has 1 saturated carbocycles. The fourth-order valence-electron chi connectivity index (χ4n) is 5.69. The van der Waals surface area contributed by atoms with Gasteiger partial charge in [-0.1, -0.05) is 6.07 Å². The van der Waals surface area contributed by atoms with E-state index in [0.717, 1.165) is 24.9 Å². The number of likely N-dealkylation sites (tertiary alicyclic amines) is 1. The van der Waals surface area contributed by atoms with Gasteiger partial charge in [0.1, 0.15) is 0 Å². The minimum Gasteiger partial charge on any atom is -0.493 e. The first-order chi connectivity index (χ1) is 11.0. The molecule has 0 radical (unpaired) electrons. The molecule has 1 aromatic rings. The van der Waals surface area contributed by atoms with Gasteiger partial charge < -0.3 is 19.5 Å². The number of carbonyl (C=O) groups excluding carboxylic acids is 1. The van der Waals surface area contributed by atoms with Gasteiger partial charge >= 0.3 is 0 Å². The largest absolute Gasteiger partial charge is 0.493 e. The van der Waals surface area contributed by atoms with Crippen molar-refractivity contribution in [3.8, 4) is 11.5 Å². The maximum atomic E-state index is 12.7. The van der Waals surface area contributed by atoms with Gasteiger partial charge in [0.25, 0.3) is 0 Å². The number of methoxy groups -OCH3 is 1. The third-order valence-electron chi connectivity index (χ3n) is 6.73. The van der Waals surface area contributed by atoms with Crippen molar-refractivity contribution < 1.29 is 19.4 Å². The van der Waals surface area contributed by atoms with Crippen molar-refractivity contribution in [2.24, 2.45) is 0 Å². The van der Waals surface area contributed by atoms with Crippen LogP contribution < -0.4 is 9.47 Å². The quantitative estimate of drug-likeness (QED) is 0.839. The molecule has 1 aromatic carbocycles. The van der Waals surface area contributed by atoms with Crippen molar-refractivity contribution in [2.75, 3.05) is 20.7 Å². The van der Waals surface area contributed by atoms with Gasteiger partial charge in [-0.2, -0.15) is 0 Å². The molecular formula is C18H21NO4. The maximum absolute atomic E-state index is 12.7. The minimum atomic E-state index is -0.900. The van der Waals surface area contributed by atoms with Gasteiger partial charge in [0.15, 0.2) is 23.4 Å². The second kappa shape index (κ2) is 4.08. The fraction of sp³-hybridized carbons (Fsp3) is 0.611. The van der Waals surface area contributed by atoms with E-state index in [4.69, 9.17) is 9.47 Å². The summed E-state index contributed by atoms with van der Waals surface area (Å²) in [7, 11) is 3.70. The Bertz CT molecular complexity index is 732. The zero-order valence-corrected chi connectivity index (χ0v) is 13.5. The van der Waals surface area contributed by atoms with E-state index in [-0.39, 0.29) is 11.8 Å². The number of hydrogen-bond donors (Lipinski definition) is 1. The second-order valence-corrected chi connectivity index (χ2v) is 7.44. The van der Waals surface area contributed by atoms with E-state index in [0.29, 0.717) is 24.3 Å². The summed E-state index contributed by atoms with van der Waals surface area (Å²) >= 11 is 0. The third-order valence-corrected chi connectivity index (χ3v) is 6.73. The normalized spacial score (nSPS) is 40.6. The van der Waals surface area contributed by atoms with Crippen LogP contribution in [-0.2, 0) is 16.6 Å². The average Bonchev–Trinajstić information content (AvgIpc) is 2.90. The standard InChI is InChI=1S/C18H21NO4/c1-19-8-7-17-14-10-3-4-12(22-2)15(14)23-16(17)11(20)5-6-18(17,21)13(19)9-10/h3-4,13,16,21H,5-9H2,1-2H3/t13?,16?,17-,18+/m1/s1. The average molecular weight is 315 g/mol. The predicted octanol–water partition coefficient (Wildman–Crippen LogP) is 1.05. The SMILES string of the molecule is COc1ccc2c3c1OC1C(=O)CC[C@]4(O)C(C2)N(C)CC[C@@]314. The van der Waals surface area contributed by atoms with Crippen molar-refractivity contribution in [3.05, 3.63) is 23.3 Å². The molecule has 5 rings (SSSR count). The zero-order valence-electron chi connectivity index (χ0n) is 13.5. The Morgan fingerprint density at radius 2 is 2.22 bits per heavy atom. The monoisotopic (exact) mass is 315 g/mol. The molecule has 5 nitrogen and oxygen atoms in total. The summed E-state index contributed by atoms with van der Waals surface area (Å²) in [4.78, 5) is 14.9. The van der Waals surface area contributed by atoms with Crippen LogP contribution in [-0.4, -0.2) is 54.2 Å². The molecule has 4 atom stereocenters. The van der Waals surface area contributed by atoms with Gasteiger partial charge in [0.05, 0.1) is 18.1 Å². The third kappa shape index (κ3) is 1.32. The minimum absolute atomic E-state index is 0.0438. The summed E-state index contributed by atoms with van der Waals surface area (Å²) < 4.78 is 11.6. The molecule has 1 spiro atoms. The van der Waals surface area contributed by atoms with Crippen LogP contribution >= 0.6 is 0 Å². The summed E-state index contributed by atoms with van der Waals surface area (Å²) in [6, 6.07) is 4.05. The Morgan fingerprint density at radius 3 is 3.00 bits per heavy atom. The summed E-state index contributed by atoms with van der Waals surface area (Å²) in [5, 5.41) is 11.7. The van der Waals surface area contributed by atoms with E-state index < -0.39 is 17.1 Å². The number of likely N-dealkylation sites (N-methyl/N-ethyl adjacent to an activating group) is 1. The molecule has 2 heterocycles. The number of Topliss-reactive ketones (excluding diaryl/α,β-unsaturated/α-hetero) is 1. The first kappa shape index (κ1) is 13.8. The molecule has 2 aliphatic heterocycles. The molecule has 5 heteroatoms. The highest BCUT2D eigenvalue weighted by atomic mass is 16.5. The number of carbonyl (C=O) groups is 1. The van der Waals surface area contributed by atoms with Gasteiger partial charge in [-0.05, 0) is 44.5 Å². The van der Waals surface area contributed by atoms with E-state index in [9.17, 15) is 9.90 Å². The van der Waals surface area contributed by atoms with Crippen molar-refractivity contribution >= 4 is 5.78 Å². The van der Waals surface area contributed by atoms with E-state index >= 15 is 0 Å². The van der Waals surface area contributed by atoms with Crippen molar-refractivity contribution in [1.82, 2.24) is 4.90 Å². The number of ether oxygens (including phenoxy) is 2. The summed E-state index contributed by atoms with van der Waals surface area (Å²) in [5.41, 5.74) is 0.737. The van der Waals surface area contributed by atoms with Crippen LogP contribution in [0.15, 0.2) is 12.1 Å². The fourth-order valence-corrected chi connectivity index (χ4v) is 5.69. The smallest absolute Gasteiger partial charge is 0.174 e. The molecule has 2 unspecified atom stereocenters. The van der Waals surface area contributed by atoms with Gasteiger partial charge in [0.2, 0.25) is 0 Å². The lowest BCUT2D eigenvalue weighted by molar-refractivity contribution is -0.185. The molecule has 4 aliphatic rings. The molecule has 2 bridgehead atoms. The lowest BCUT2D eigenvalue weighted by Gasteiger charge is -2.62. The molecule has 0 aromatic heterocycles. The number of nitrogens with zero attached hydrogens (tertiary/aromatic N) is 1. The number of benzene rings is 1. The number of aliphatic hydroxyl groups is 1. The van der Waals surface area contributed by atoms with E-state index in [1.807, 2.05) is 6.07 Å². The van der Waals surface area contributed by atoms with Crippen LogP contribution in [0.4, 0.5) is 0 Å². The van der Waals surface area contributed by atoms with Crippen LogP contribution in [0.25, 0.3) is 0 Å². The van der Waals surface area contributed by atoms with Gasteiger partial charge in [0, 0.05) is 18.0 Å². The van der Waals surface area contributed by atoms with Gasteiger partial charge in [-0.25, -0.2) is 0 Å². The van der Waals surface area contributed by atoms with Crippen LogP contribution in [0.5, 0.6) is 11.5 Å². The Morgan fingerprint density at radius 1 is 1.39 bits per heavy atom.